The van der Waals surface area contributed by atoms with E-state index in [0.29, 0.717) is 24.4 Å². The summed E-state index contributed by atoms with van der Waals surface area (Å²) < 4.78 is 22.7. The number of fused-ring (bicyclic) bond motifs is 3. The van der Waals surface area contributed by atoms with E-state index >= 15 is 0 Å². The Hall–Kier alpha value is -2.83. The minimum atomic E-state index is -0.354. The Balaban J connectivity index is 1.49. The summed E-state index contributed by atoms with van der Waals surface area (Å²) in [5.74, 6) is 1.53. The SMILES string of the molecule is COc1ccc(-c2cc3ccc4c(c3oc2=O)CN(C[C@@H]2CCCO2)CO4)cc1. The Morgan fingerprint density at radius 3 is 2.79 bits per heavy atom. The standard InChI is InChI=1S/C23H23NO5/c1-26-17-7-4-15(5-8-17)19-11-16-6-9-21-20(22(16)29-23(19)25)13-24(14-28-21)12-18-3-2-10-27-18/h4-9,11,18H,2-3,10,12-14H2,1H3/t18-/m0/s1. The lowest BCUT2D eigenvalue weighted by molar-refractivity contribution is 0.0281. The van der Waals surface area contributed by atoms with Crippen molar-refractivity contribution in [2.75, 3.05) is 27.0 Å². The van der Waals surface area contributed by atoms with Crippen LogP contribution >= 0.6 is 0 Å². The molecule has 1 fully saturated rings. The molecule has 3 aromatic rings. The van der Waals surface area contributed by atoms with Crippen molar-refractivity contribution >= 4 is 11.0 Å². The van der Waals surface area contributed by atoms with Crippen LogP contribution in [0, 0.1) is 0 Å². The second-order valence-corrected chi connectivity index (χ2v) is 7.56. The molecule has 1 atom stereocenters. The van der Waals surface area contributed by atoms with E-state index in [1.165, 1.54) is 0 Å². The number of ether oxygens (including phenoxy) is 3. The fourth-order valence-electron chi connectivity index (χ4n) is 4.10. The van der Waals surface area contributed by atoms with E-state index in [2.05, 4.69) is 4.90 Å². The van der Waals surface area contributed by atoms with E-state index in [4.69, 9.17) is 18.6 Å². The van der Waals surface area contributed by atoms with E-state index in [9.17, 15) is 4.79 Å². The van der Waals surface area contributed by atoms with E-state index in [1.807, 2.05) is 42.5 Å². The predicted molar refractivity (Wildman–Crippen MR) is 109 cm³/mol. The molecule has 0 unspecified atom stereocenters. The lowest BCUT2D eigenvalue weighted by atomic mass is 10.0. The van der Waals surface area contributed by atoms with Crippen LogP contribution in [0.15, 0.2) is 51.7 Å². The molecule has 0 aliphatic carbocycles. The van der Waals surface area contributed by atoms with Gasteiger partial charge in [-0.15, -0.1) is 0 Å². The molecular weight excluding hydrogens is 370 g/mol. The summed E-state index contributed by atoms with van der Waals surface area (Å²) in [6.45, 7) is 2.86. The van der Waals surface area contributed by atoms with Gasteiger partial charge in [0.2, 0.25) is 0 Å². The van der Waals surface area contributed by atoms with E-state index in [0.717, 1.165) is 54.0 Å². The highest BCUT2D eigenvalue weighted by atomic mass is 16.5. The van der Waals surface area contributed by atoms with Gasteiger partial charge in [-0.1, -0.05) is 12.1 Å². The normalized spacial score (nSPS) is 19.1. The van der Waals surface area contributed by atoms with Crippen molar-refractivity contribution in [2.45, 2.75) is 25.5 Å². The van der Waals surface area contributed by atoms with Gasteiger partial charge < -0.3 is 18.6 Å². The summed E-state index contributed by atoms with van der Waals surface area (Å²) in [7, 11) is 1.62. The van der Waals surface area contributed by atoms with Gasteiger partial charge in [-0.2, -0.15) is 0 Å². The molecule has 3 heterocycles. The van der Waals surface area contributed by atoms with Crippen LogP contribution in [0.25, 0.3) is 22.1 Å². The summed E-state index contributed by atoms with van der Waals surface area (Å²) in [6.07, 6.45) is 2.45. The molecule has 2 aliphatic heterocycles. The van der Waals surface area contributed by atoms with E-state index < -0.39 is 0 Å². The molecular formula is C23H23NO5. The van der Waals surface area contributed by atoms with Crippen molar-refractivity contribution in [2.24, 2.45) is 0 Å². The van der Waals surface area contributed by atoms with Gasteiger partial charge in [-0.3, -0.25) is 4.90 Å². The Kier molecular flexibility index (Phi) is 4.73. The van der Waals surface area contributed by atoms with Crippen molar-refractivity contribution in [1.82, 2.24) is 4.90 Å². The lowest BCUT2D eigenvalue weighted by Crippen LogP contribution is -2.37. The molecule has 6 heteroatoms. The topological polar surface area (TPSA) is 61.1 Å². The zero-order chi connectivity index (χ0) is 19.8. The first-order valence-electron chi connectivity index (χ1n) is 9.92. The first-order chi connectivity index (χ1) is 14.2. The van der Waals surface area contributed by atoms with Crippen molar-refractivity contribution in [1.29, 1.82) is 0 Å². The number of hydrogen-bond acceptors (Lipinski definition) is 6. The average molecular weight is 393 g/mol. The minimum Gasteiger partial charge on any atom is -0.497 e. The van der Waals surface area contributed by atoms with Gasteiger partial charge in [0.05, 0.1) is 24.3 Å². The number of nitrogens with zero attached hydrogens (tertiary/aromatic N) is 1. The number of benzene rings is 2. The third-order valence-corrected chi connectivity index (χ3v) is 5.63. The van der Waals surface area contributed by atoms with Crippen LogP contribution in [0.5, 0.6) is 11.5 Å². The third kappa shape index (κ3) is 3.50. The van der Waals surface area contributed by atoms with Crippen LogP contribution in [0.4, 0.5) is 0 Å². The fourth-order valence-corrected chi connectivity index (χ4v) is 4.10. The second kappa shape index (κ2) is 7.54. The van der Waals surface area contributed by atoms with Gasteiger partial charge in [-0.25, -0.2) is 4.79 Å². The maximum absolute atomic E-state index is 12.8. The molecule has 2 aromatic carbocycles. The zero-order valence-corrected chi connectivity index (χ0v) is 16.3. The maximum atomic E-state index is 12.8. The summed E-state index contributed by atoms with van der Waals surface area (Å²) in [5.41, 5.74) is 2.50. The van der Waals surface area contributed by atoms with Crippen LogP contribution in [0.1, 0.15) is 18.4 Å². The van der Waals surface area contributed by atoms with Crippen molar-refractivity contribution in [3.8, 4) is 22.6 Å². The Labute approximate surface area is 168 Å². The molecule has 0 amide bonds. The predicted octanol–water partition coefficient (Wildman–Crippen LogP) is 3.80. The van der Waals surface area contributed by atoms with Gasteiger partial charge in [-0.05, 0) is 48.7 Å². The molecule has 5 rings (SSSR count). The molecule has 0 N–H and O–H groups in total. The number of rotatable bonds is 4. The van der Waals surface area contributed by atoms with Crippen LogP contribution in [0.2, 0.25) is 0 Å². The molecule has 2 aliphatic rings. The molecule has 0 bridgehead atoms. The average Bonchev–Trinajstić information content (AvgIpc) is 3.26. The van der Waals surface area contributed by atoms with Gasteiger partial charge in [0.25, 0.3) is 0 Å². The van der Waals surface area contributed by atoms with Crippen molar-refractivity contribution in [3.63, 3.8) is 0 Å². The third-order valence-electron chi connectivity index (χ3n) is 5.63. The van der Waals surface area contributed by atoms with E-state index in [1.54, 1.807) is 7.11 Å². The van der Waals surface area contributed by atoms with Crippen LogP contribution in [-0.2, 0) is 11.3 Å². The zero-order valence-electron chi connectivity index (χ0n) is 16.3. The molecule has 29 heavy (non-hydrogen) atoms. The van der Waals surface area contributed by atoms with Gasteiger partial charge in [0.1, 0.15) is 23.8 Å². The lowest BCUT2D eigenvalue weighted by Gasteiger charge is -2.30. The monoisotopic (exact) mass is 393 g/mol. The number of methoxy groups -OCH3 is 1. The second-order valence-electron chi connectivity index (χ2n) is 7.56. The fraction of sp³-hybridized carbons (Fsp3) is 0.348. The molecule has 1 saturated heterocycles. The molecule has 0 saturated carbocycles. The van der Waals surface area contributed by atoms with Crippen molar-refractivity contribution in [3.05, 3.63) is 58.4 Å². The minimum absolute atomic E-state index is 0.254. The van der Waals surface area contributed by atoms with E-state index in [-0.39, 0.29) is 11.7 Å². The summed E-state index contributed by atoms with van der Waals surface area (Å²) in [4.78, 5) is 15.0. The first kappa shape index (κ1) is 18.2. The molecule has 0 radical (unpaired) electrons. The smallest absolute Gasteiger partial charge is 0.344 e. The molecule has 150 valence electrons. The Bertz CT molecular complexity index is 1080. The van der Waals surface area contributed by atoms with Crippen LogP contribution < -0.4 is 15.1 Å². The summed E-state index contributed by atoms with van der Waals surface area (Å²) in [6, 6.07) is 13.2. The number of hydrogen-bond donors (Lipinski definition) is 0. The van der Waals surface area contributed by atoms with Crippen LogP contribution in [0.3, 0.4) is 0 Å². The largest absolute Gasteiger partial charge is 0.497 e. The molecule has 1 aromatic heterocycles. The maximum Gasteiger partial charge on any atom is 0.344 e. The molecule has 6 nitrogen and oxygen atoms in total. The van der Waals surface area contributed by atoms with Gasteiger partial charge >= 0.3 is 5.63 Å². The van der Waals surface area contributed by atoms with Gasteiger partial charge in [0.15, 0.2) is 0 Å². The first-order valence-corrected chi connectivity index (χ1v) is 9.92. The summed E-state index contributed by atoms with van der Waals surface area (Å²) >= 11 is 0. The van der Waals surface area contributed by atoms with Crippen LogP contribution in [-0.4, -0.2) is 38.0 Å². The highest BCUT2D eigenvalue weighted by Gasteiger charge is 2.25. The highest BCUT2D eigenvalue weighted by Crippen LogP contribution is 2.33. The highest BCUT2D eigenvalue weighted by molar-refractivity contribution is 5.86. The van der Waals surface area contributed by atoms with Crippen molar-refractivity contribution < 1.29 is 18.6 Å². The summed E-state index contributed by atoms with van der Waals surface area (Å²) in [5, 5.41) is 0.886. The Morgan fingerprint density at radius 2 is 2.03 bits per heavy atom. The van der Waals surface area contributed by atoms with Gasteiger partial charge in [0, 0.05) is 25.1 Å². The quantitative estimate of drug-likeness (QED) is 0.629. The Morgan fingerprint density at radius 1 is 1.17 bits per heavy atom. The molecule has 0 spiro atoms.